The first-order valence-corrected chi connectivity index (χ1v) is 13.8. The van der Waals surface area contributed by atoms with Crippen molar-refractivity contribution in [2.24, 2.45) is 52.3 Å². The van der Waals surface area contributed by atoms with E-state index in [0.29, 0.717) is 17.8 Å². The minimum atomic E-state index is -0.448. The molecule has 0 bridgehead atoms. The summed E-state index contributed by atoms with van der Waals surface area (Å²) in [5.41, 5.74) is 2.99. The van der Waals surface area contributed by atoms with E-state index in [0.717, 1.165) is 54.8 Å². The predicted molar refractivity (Wildman–Crippen MR) is 127 cm³/mol. The van der Waals surface area contributed by atoms with Crippen LogP contribution in [0.3, 0.4) is 0 Å². The molecule has 0 aromatic rings. The van der Waals surface area contributed by atoms with E-state index in [9.17, 15) is 10.2 Å². The summed E-state index contributed by atoms with van der Waals surface area (Å²) >= 11 is 0. The summed E-state index contributed by atoms with van der Waals surface area (Å²) in [5, 5.41) is 22.0. The van der Waals surface area contributed by atoms with Gasteiger partial charge in [-0.3, -0.25) is 0 Å². The van der Waals surface area contributed by atoms with Gasteiger partial charge >= 0.3 is 0 Å². The van der Waals surface area contributed by atoms with Gasteiger partial charge < -0.3 is 14.9 Å². The lowest BCUT2D eigenvalue weighted by atomic mass is 9.49. The van der Waals surface area contributed by atoms with Crippen LogP contribution in [0.5, 0.6) is 0 Å². The highest BCUT2D eigenvalue weighted by molar-refractivity contribution is 5.45. The molecule has 1 saturated heterocycles. The number of aliphatic hydroxyl groups excluding tert-OH is 2. The normalized spacial score (nSPS) is 55.6. The molecular formula is C29H46O3. The van der Waals surface area contributed by atoms with E-state index in [1.165, 1.54) is 31.3 Å². The number of aliphatic hydroxyl groups is 2. The van der Waals surface area contributed by atoms with E-state index in [-0.39, 0.29) is 23.2 Å². The molecule has 5 aliphatic carbocycles. The number of rotatable bonds is 4. The van der Waals surface area contributed by atoms with Gasteiger partial charge in [0.15, 0.2) is 0 Å². The summed E-state index contributed by atoms with van der Waals surface area (Å²) < 4.78 is 6.36. The van der Waals surface area contributed by atoms with Crippen molar-refractivity contribution < 1.29 is 14.9 Å². The Labute approximate surface area is 195 Å². The van der Waals surface area contributed by atoms with Gasteiger partial charge in [0.05, 0.1) is 6.10 Å². The molecule has 12 atom stereocenters. The van der Waals surface area contributed by atoms with Gasteiger partial charge in [0.1, 0.15) is 17.8 Å². The van der Waals surface area contributed by atoms with Crippen molar-refractivity contribution in [2.75, 3.05) is 0 Å². The standard InChI is InChI=1S/C29H46O3/c1-15(2)16(3)19-13-20(19)17(4)21-7-8-22-24-23(10-11-27(21,22)5)28(6)12-9-18(30)14-29(28)26(32-29)25(24)31/h15-22,25-26,30-31H,7-14H2,1-6H3. The Morgan fingerprint density at radius 2 is 1.72 bits per heavy atom. The average Bonchev–Trinajstić information content (AvgIpc) is 3.64. The quantitative estimate of drug-likeness (QED) is 0.431. The fraction of sp³-hybridized carbons (Fsp3) is 0.931. The third kappa shape index (κ3) is 2.65. The lowest BCUT2D eigenvalue weighted by Gasteiger charge is -2.54. The Morgan fingerprint density at radius 1 is 0.969 bits per heavy atom. The summed E-state index contributed by atoms with van der Waals surface area (Å²) in [6.45, 7) is 14.8. The van der Waals surface area contributed by atoms with E-state index < -0.39 is 6.10 Å². The summed E-state index contributed by atoms with van der Waals surface area (Å²) in [6.07, 6.45) is 8.21. The number of epoxide rings is 1. The molecule has 2 N–H and O–H groups in total. The second-order valence-electron chi connectivity index (χ2n) is 13.8. The molecule has 3 saturated carbocycles. The molecule has 6 aliphatic rings. The maximum atomic E-state index is 11.6. The largest absolute Gasteiger partial charge is 0.393 e. The van der Waals surface area contributed by atoms with Gasteiger partial charge in [-0.05, 0) is 97.4 Å². The van der Waals surface area contributed by atoms with Gasteiger partial charge in [-0.1, -0.05) is 47.1 Å². The first-order valence-electron chi connectivity index (χ1n) is 13.8. The molecule has 0 aromatic heterocycles. The second-order valence-corrected chi connectivity index (χ2v) is 13.8. The van der Waals surface area contributed by atoms with E-state index in [1.54, 1.807) is 5.57 Å². The predicted octanol–water partition coefficient (Wildman–Crippen LogP) is 5.74. The number of ether oxygens (including phenoxy) is 1. The molecular weight excluding hydrogens is 396 g/mol. The minimum absolute atomic E-state index is 0.0186. The van der Waals surface area contributed by atoms with Crippen molar-refractivity contribution in [3.63, 3.8) is 0 Å². The SMILES string of the molecule is CC(C)C(C)C1CC1C(C)C1CCC2C3=C(CCC21C)C1(C)CCC(O)CC12OC2C3O. The minimum Gasteiger partial charge on any atom is -0.393 e. The van der Waals surface area contributed by atoms with Gasteiger partial charge in [0, 0.05) is 11.8 Å². The highest BCUT2D eigenvalue weighted by Crippen LogP contribution is 2.72. The van der Waals surface area contributed by atoms with Crippen LogP contribution in [0.2, 0.25) is 0 Å². The molecule has 4 fully saturated rings. The van der Waals surface area contributed by atoms with Gasteiger partial charge in [-0.15, -0.1) is 0 Å². The van der Waals surface area contributed by atoms with Crippen LogP contribution in [0.25, 0.3) is 0 Å². The van der Waals surface area contributed by atoms with Crippen LogP contribution < -0.4 is 0 Å². The molecule has 3 heteroatoms. The van der Waals surface area contributed by atoms with Gasteiger partial charge in [-0.25, -0.2) is 0 Å². The zero-order valence-corrected chi connectivity index (χ0v) is 21.2. The van der Waals surface area contributed by atoms with Crippen molar-refractivity contribution in [1.82, 2.24) is 0 Å². The Kier molecular flexibility index (Phi) is 4.73. The lowest BCUT2D eigenvalue weighted by molar-refractivity contribution is -0.00202. The average molecular weight is 443 g/mol. The Bertz CT molecular complexity index is 832. The Morgan fingerprint density at radius 3 is 2.44 bits per heavy atom. The van der Waals surface area contributed by atoms with Crippen molar-refractivity contribution in [3.8, 4) is 0 Å². The summed E-state index contributed by atoms with van der Waals surface area (Å²) in [6, 6.07) is 0. The first-order chi connectivity index (χ1) is 15.0. The van der Waals surface area contributed by atoms with Crippen LogP contribution in [0.15, 0.2) is 11.1 Å². The van der Waals surface area contributed by atoms with Crippen LogP contribution >= 0.6 is 0 Å². The van der Waals surface area contributed by atoms with Crippen LogP contribution in [0, 0.1) is 52.3 Å². The number of fused-ring (bicyclic) bond motifs is 3. The van der Waals surface area contributed by atoms with Crippen molar-refractivity contribution in [3.05, 3.63) is 11.1 Å². The first kappa shape index (κ1) is 22.1. The highest BCUT2D eigenvalue weighted by Gasteiger charge is 2.76. The van der Waals surface area contributed by atoms with E-state index >= 15 is 0 Å². The van der Waals surface area contributed by atoms with Crippen LogP contribution in [-0.4, -0.2) is 34.1 Å². The van der Waals surface area contributed by atoms with Gasteiger partial charge in [0.2, 0.25) is 0 Å². The molecule has 0 radical (unpaired) electrons. The second kappa shape index (κ2) is 6.85. The van der Waals surface area contributed by atoms with Crippen LogP contribution in [-0.2, 0) is 4.74 Å². The highest BCUT2D eigenvalue weighted by atomic mass is 16.6. The maximum absolute atomic E-state index is 11.6. The molecule has 1 spiro atoms. The molecule has 1 heterocycles. The van der Waals surface area contributed by atoms with Crippen molar-refractivity contribution >= 4 is 0 Å². The molecule has 6 rings (SSSR count). The molecule has 0 amide bonds. The smallest absolute Gasteiger partial charge is 0.118 e. The van der Waals surface area contributed by atoms with Crippen molar-refractivity contribution in [2.45, 2.75) is 117 Å². The zero-order chi connectivity index (χ0) is 22.8. The van der Waals surface area contributed by atoms with E-state index in [2.05, 4.69) is 41.5 Å². The van der Waals surface area contributed by atoms with Gasteiger partial charge in [0.25, 0.3) is 0 Å². The fourth-order valence-corrected chi connectivity index (χ4v) is 10.00. The van der Waals surface area contributed by atoms with Gasteiger partial charge in [-0.2, -0.15) is 0 Å². The third-order valence-electron chi connectivity index (χ3n) is 12.4. The molecule has 32 heavy (non-hydrogen) atoms. The zero-order valence-electron chi connectivity index (χ0n) is 21.2. The molecule has 0 aromatic carbocycles. The third-order valence-corrected chi connectivity index (χ3v) is 12.4. The topological polar surface area (TPSA) is 53.0 Å². The summed E-state index contributed by atoms with van der Waals surface area (Å²) in [5.74, 6) is 5.59. The maximum Gasteiger partial charge on any atom is 0.118 e. The monoisotopic (exact) mass is 442 g/mol. The fourth-order valence-electron chi connectivity index (χ4n) is 10.00. The Hall–Kier alpha value is -0.380. The summed E-state index contributed by atoms with van der Waals surface area (Å²) in [7, 11) is 0. The number of hydrogen-bond donors (Lipinski definition) is 2. The Balaban J connectivity index is 1.29. The summed E-state index contributed by atoms with van der Waals surface area (Å²) in [4.78, 5) is 0. The van der Waals surface area contributed by atoms with Crippen molar-refractivity contribution in [1.29, 1.82) is 0 Å². The molecule has 1 aliphatic heterocycles. The van der Waals surface area contributed by atoms with E-state index in [1.807, 2.05) is 0 Å². The molecule has 180 valence electrons. The molecule has 12 unspecified atom stereocenters. The van der Waals surface area contributed by atoms with Crippen LogP contribution in [0.1, 0.15) is 92.9 Å². The van der Waals surface area contributed by atoms with Crippen LogP contribution in [0.4, 0.5) is 0 Å². The van der Waals surface area contributed by atoms with E-state index in [4.69, 9.17) is 4.74 Å². The molecule has 3 nitrogen and oxygen atoms in total. The number of hydrogen-bond acceptors (Lipinski definition) is 3. The lowest BCUT2D eigenvalue weighted by Crippen LogP contribution is -2.55.